The average Bonchev–Trinajstić information content (AvgIpc) is 1.83. The molecule has 0 aromatic rings. The Morgan fingerprint density at radius 3 is 2.62 bits per heavy atom. The topological polar surface area (TPSA) is 26.3 Å². The molecular formula is C5H8ClO2. The highest BCUT2D eigenvalue weighted by molar-refractivity contribution is 6.18. The van der Waals surface area contributed by atoms with Gasteiger partial charge in [0.15, 0.2) is 0 Å². The van der Waals surface area contributed by atoms with Crippen molar-refractivity contribution in [3.63, 3.8) is 0 Å². The third kappa shape index (κ3) is 2.86. The van der Waals surface area contributed by atoms with E-state index in [1.165, 1.54) is 6.47 Å². The molecule has 0 heterocycles. The summed E-state index contributed by atoms with van der Waals surface area (Å²) in [5.74, 6) is 0.353. The summed E-state index contributed by atoms with van der Waals surface area (Å²) in [4.78, 5) is 9.53. The number of carbonyl (C=O) groups excluding carboxylic acids is 1. The predicted octanol–water partition coefficient (Wildman–Crippen LogP) is 1.09. The van der Waals surface area contributed by atoms with Crippen molar-refractivity contribution in [1.29, 1.82) is 0 Å². The molecular weight excluding hydrogens is 128 g/mol. The second-order valence-electron chi connectivity index (χ2n) is 1.39. The quantitative estimate of drug-likeness (QED) is 0.540. The van der Waals surface area contributed by atoms with E-state index in [9.17, 15) is 4.79 Å². The maximum absolute atomic E-state index is 9.53. The molecule has 2 nitrogen and oxygen atoms in total. The van der Waals surface area contributed by atoms with Crippen LogP contribution in [0.5, 0.6) is 0 Å². The molecule has 1 atom stereocenters. The molecule has 0 aliphatic carbocycles. The van der Waals surface area contributed by atoms with E-state index >= 15 is 0 Å². The van der Waals surface area contributed by atoms with Crippen LogP contribution in [0.25, 0.3) is 0 Å². The normalized spacial score (nSPS) is 12.8. The zero-order chi connectivity index (χ0) is 6.41. The van der Waals surface area contributed by atoms with Gasteiger partial charge in [0.2, 0.25) is 0 Å². The van der Waals surface area contributed by atoms with E-state index in [-0.39, 0.29) is 6.10 Å². The van der Waals surface area contributed by atoms with Gasteiger partial charge in [-0.2, -0.15) is 0 Å². The van der Waals surface area contributed by atoms with Crippen molar-refractivity contribution in [2.45, 2.75) is 19.4 Å². The van der Waals surface area contributed by atoms with Gasteiger partial charge in [0.25, 0.3) is 0 Å². The van der Waals surface area contributed by atoms with Crippen LogP contribution < -0.4 is 0 Å². The van der Waals surface area contributed by atoms with Gasteiger partial charge in [-0.05, 0) is 6.42 Å². The minimum atomic E-state index is -0.158. The molecule has 0 aromatic carbocycles. The van der Waals surface area contributed by atoms with Gasteiger partial charge in [0.1, 0.15) is 6.10 Å². The highest BCUT2D eigenvalue weighted by Crippen LogP contribution is 1.97. The lowest BCUT2D eigenvalue weighted by molar-refractivity contribution is 0.193. The lowest BCUT2D eigenvalue weighted by atomic mass is 10.3. The number of halogens is 1. The fourth-order valence-electron chi connectivity index (χ4n) is 0.292. The molecule has 0 aliphatic heterocycles. The number of hydrogen-bond donors (Lipinski definition) is 0. The summed E-state index contributed by atoms with van der Waals surface area (Å²) in [6.45, 7) is 3.23. The van der Waals surface area contributed by atoms with E-state index in [0.29, 0.717) is 5.88 Å². The molecule has 47 valence electrons. The Morgan fingerprint density at radius 1 is 1.88 bits per heavy atom. The molecule has 1 unspecified atom stereocenters. The lowest BCUT2D eigenvalue weighted by Crippen LogP contribution is -2.11. The molecule has 0 amide bonds. The van der Waals surface area contributed by atoms with E-state index in [1.54, 1.807) is 0 Å². The summed E-state index contributed by atoms with van der Waals surface area (Å²) < 4.78 is 4.40. The van der Waals surface area contributed by atoms with Gasteiger partial charge in [0, 0.05) is 0 Å². The van der Waals surface area contributed by atoms with Gasteiger partial charge >= 0.3 is 6.47 Å². The maximum atomic E-state index is 9.53. The Kier molecular flexibility index (Phi) is 4.76. The van der Waals surface area contributed by atoms with Crippen molar-refractivity contribution in [1.82, 2.24) is 0 Å². The third-order valence-electron chi connectivity index (χ3n) is 0.842. The minimum absolute atomic E-state index is 0.158. The van der Waals surface area contributed by atoms with Gasteiger partial charge < -0.3 is 4.74 Å². The lowest BCUT2D eigenvalue weighted by Gasteiger charge is -2.05. The van der Waals surface area contributed by atoms with Crippen molar-refractivity contribution in [3.05, 3.63) is 0 Å². The van der Waals surface area contributed by atoms with Crippen molar-refractivity contribution in [2.24, 2.45) is 0 Å². The largest absolute Gasteiger partial charge is 0.453 e. The summed E-state index contributed by atoms with van der Waals surface area (Å²) in [6, 6.07) is 0. The van der Waals surface area contributed by atoms with Gasteiger partial charge in [0.05, 0.1) is 5.88 Å². The molecule has 1 radical (unpaired) electrons. The maximum Gasteiger partial charge on any atom is 0.417 e. The first kappa shape index (κ1) is 7.76. The monoisotopic (exact) mass is 135 g/mol. The first-order valence-electron chi connectivity index (χ1n) is 2.43. The van der Waals surface area contributed by atoms with Gasteiger partial charge in [-0.25, -0.2) is 4.79 Å². The number of ether oxygens (including phenoxy) is 1. The highest BCUT2D eigenvalue weighted by atomic mass is 35.5. The average molecular weight is 136 g/mol. The summed E-state index contributed by atoms with van der Waals surface area (Å²) >= 11 is 5.34. The third-order valence-corrected chi connectivity index (χ3v) is 1.19. The van der Waals surface area contributed by atoms with Gasteiger partial charge in [-0.15, -0.1) is 11.6 Å². The summed E-state index contributed by atoms with van der Waals surface area (Å²) in [7, 11) is 0. The standard InChI is InChI=1S/C5H8ClO2/c1-2-5(3-6)8-4-7/h5H,2-3H2,1H3. The molecule has 0 aromatic heterocycles. The second kappa shape index (κ2) is 4.91. The van der Waals surface area contributed by atoms with Crippen molar-refractivity contribution in [3.8, 4) is 0 Å². The zero-order valence-corrected chi connectivity index (χ0v) is 5.44. The molecule has 0 rings (SSSR count). The minimum Gasteiger partial charge on any atom is -0.453 e. The Hall–Kier alpha value is -0.240. The first-order valence-corrected chi connectivity index (χ1v) is 2.97. The van der Waals surface area contributed by atoms with Crippen LogP contribution in [0.15, 0.2) is 0 Å². The Bertz CT molecular complexity index is 61.4. The van der Waals surface area contributed by atoms with Crippen LogP contribution in [0.1, 0.15) is 13.3 Å². The van der Waals surface area contributed by atoms with Crippen LogP contribution in [0.3, 0.4) is 0 Å². The molecule has 0 fully saturated rings. The van der Waals surface area contributed by atoms with Crippen LogP contribution in [-0.2, 0) is 9.53 Å². The fourth-order valence-corrected chi connectivity index (χ4v) is 0.573. The Balaban J connectivity index is 3.20. The van der Waals surface area contributed by atoms with Crippen LogP contribution in [0.2, 0.25) is 0 Å². The number of alkyl halides is 1. The molecule has 8 heavy (non-hydrogen) atoms. The van der Waals surface area contributed by atoms with Gasteiger partial charge in [-0.1, -0.05) is 6.92 Å². The van der Waals surface area contributed by atoms with Gasteiger partial charge in [-0.3, -0.25) is 0 Å². The Morgan fingerprint density at radius 2 is 2.50 bits per heavy atom. The molecule has 3 heteroatoms. The first-order chi connectivity index (χ1) is 3.85. The number of rotatable bonds is 4. The van der Waals surface area contributed by atoms with Crippen LogP contribution in [0.4, 0.5) is 0 Å². The van der Waals surface area contributed by atoms with Crippen molar-refractivity contribution in [2.75, 3.05) is 5.88 Å². The smallest absolute Gasteiger partial charge is 0.417 e. The van der Waals surface area contributed by atoms with E-state index in [2.05, 4.69) is 4.74 Å². The van der Waals surface area contributed by atoms with Crippen molar-refractivity contribution < 1.29 is 9.53 Å². The zero-order valence-electron chi connectivity index (χ0n) is 4.69. The van der Waals surface area contributed by atoms with E-state index in [1.807, 2.05) is 6.92 Å². The predicted molar refractivity (Wildman–Crippen MR) is 31.6 cm³/mol. The summed E-state index contributed by atoms with van der Waals surface area (Å²) in [5, 5.41) is 0. The Labute approximate surface area is 53.8 Å². The van der Waals surface area contributed by atoms with E-state index in [0.717, 1.165) is 6.42 Å². The molecule has 0 N–H and O–H groups in total. The number of hydrogen-bond acceptors (Lipinski definition) is 2. The van der Waals surface area contributed by atoms with Crippen LogP contribution in [0, 0.1) is 0 Å². The van der Waals surface area contributed by atoms with Crippen LogP contribution in [-0.4, -0.2) is 18.5 Å². The summed E-state index contributed by atoms with van der Waals surface area (Å²) in [6.07, 6.45) is 0.591. The molecule has 0 saturated heterocycles. The van der Waals surface area contributed by atoms with Crippen LogP contribution >= 0.6 is 11.6 Å². The molecule has 0 spiro atoms. The SMILES string of the molecule is CCC(CCl)O[C]=O. The van der Waals surface area contributed by atoms with E-state index < -0.39 is 0 Å². The second-order valence-corrected chi connectivity index (χ2v) is 1.69. The summed E-state index contributed by atoms with van der Waals surface area (Å²) in [5.41, 5.74) is 0. The van der Waals surface area contributed by atoms with Crippen molar-refractivity contribution >= 4 is 18.1 Å². The molecule has 0 bridgehead atoms. The highest BCUT2D eigenvalue weighted by Gasteiger charge is 2.02. The molecule has 0 aliphatic rings. The molecule has 0 saturated carbocycles. The fraction of sp³-hybridized carbons (Fsp3) is 0.800. The van der Waals surface area contributed by atoms with E-state index in [4.69, 9.17) is 11.6 Å².